The second-order valence-corrected chi connectivity index (χ2v) is 12.6. The zero-order chi connectivity index (χ0) is 22.6. The number of carboxylic acids is 1. The molecule has 4 aliphatic rings. The molecule has 0 unspecified atom stereocenters. The van der Waals surface area contributed by atoms with Crippen LogP contribution >= 0.6 is 0 Å². The van der Waals surface area contributed by atoms with Crippen molar-refractivity contribution in [3.05, 3.63) is 0 Å². The zero-order valence-electron chi connectivity index (χ0n) is 20.3. The summed E-state index contributed by atoms with van der Waals surface area (Å²) in [6.07, 6.45) is 11.9. The van der Waals surface area contributed by atoms with E-state index in [1.807, 2.05) is 0 Å². The molecule has 4 nitrogen and oxygen atoms in total. The molecule has 0 heterocycles. The highest BCUT2D eigenvalue weighted by Crippen LogP contribution is 2.70. The molecule has 0 aliphatic heterocycles. The molecule has 4 saturated carbocycles. The lowest BCUT2D eigenvalue weighted by Crippen LogP contribution is -2.58. The fourth-order valence-electron chi connectivity index (χ4n) is 9.67. The summed E-state index contributed by atoms with van der Waals surface area (Å²) in [6, 6.07) is 0. The van der Waals surface area contributed by atoms with Gasteiger partial charge in [0, 0.05) is 19.3 Å². The average molecular weight is 435 g/mol. The maximum atomic E-state index is 11.1. The van der Waals surface area contributed by atoms with Crippen LogP contribution in [0.15, 0.2) is 0 Å². The van der Waals surface area contributed by atoms with E-state index < -0.39 is 11.8 Å². The molecule has 0 spiro atoms. The number of hydrogen-bond donors (Lipinski definition) is 3. The van der Waals surface area contributed by atoms with E-state index in [4.69, 9.17) is 0 Å². The van der Waals surface area contributed by atoms with Crippen molar-refractivity contribution >= 4 is 5.97 Å². The SMILES string of the molecule is CCC[C@H]1C[C@@H]2[C@H](CC[C@]3(C)[C@@H]([C@H](C)CCC(=O)O)CC[C@@H]23)[C@@]2(C)CCC(O)(O)C[C@@H]12. The number of carbonyl (C=O) groups is 1. The first kappa shape index (κ1) is 23.5. The van der Waals surface area contributed by atoms with Crippen LogP contribution in [0.5, 0.6) is 0 Å². The molecule has 0 aromatic rings. The molecule has 4 heteroatoms. The molecule has 0 aromatic heterocycles. The lowest BCUT2D eigenvalue weighted by molar-refractivity contribution is -0.244. The third-order valence-electron chi connectivity index (χ3n) is 11.1. The second kappa shape index (κ2) is 8.31. The minimum Gasteiger partial charge on any atom is -0.481 e. The Morgan fingerprint density at radius 1 is 1.00 bits per heavy atom. The average Bonchev–Trinajstić information content (AvgIpc) is 3.05. The number of fused-ring (bicyclic) bond motifs is 5. The number of aliphatic carboxylic acids is 1. The van der Waals surface area contributed by atoms with Crippen molar-refractivity contribution in [2.75, 3.05) is 0 Å². The Labute approximate surface area is 189 Å². The standard InChI is InChI=1S/C27H46O4/c1-5-6-18-15-19-21-9-8-20(17(2)7-10-24(28)29)25(21,3)12-11-22(19)26(4)13-14-27(30,31)16-23(18)26/h17-23,30-31H,5-16H2,1-4H3,(H,28,29)/t17-,18+,19+,20-,21+,22+,23+,25-,26-/m1/s1. The fraction of sp³-hybridized carbons (Fsp3) is 0.963. The Balaban J connectivity index is 1.58. The summed E-state index contributed by atoms with van der Waals surface area (Å²) in [6.45, 7) is 9.61. The highest BCUT2D eigenvalue weighted by Gasteiger charge is 2.63. The molecule has 0 saturated heterocycles. The van der Waals surface area contributed by atoms with Gasteiger partial charge in [0.1, 0.15) is 0 Å². The van der Waals surface area contributed by atoms with Crippen molar-refractivity contribution < 1.29 is 20.1 Å². The molecule has 4 fully saturated rings. The monoisotopic (exact) mass is 434 g/mol. The summed E-state index contributed by atoms with van der Waals surface area (Å²) in [4.78, 5) is 11.1. The predicted molar refractivity (Wildman–Crippen MR) is 122 cm³/mol. The molecular weight excluding hydrogens is 388 g/mol. The van der Waals surface area contributed by atoms with Crippen molar-refractivity contribution in [2.24, 2.45) is 52.3 Å². The van der Waals surface area contributed by atoms with Crippen LogP contribution in [0.3, 0.4) is 0 Å². The van der Waals surface area contributed by atoms with E-state index in [0.717, 1.165) is 24.7 Å². The van der Waals surface area contributed by atoms with E-state index in [2.05, 4.69) is 27.7 Å². The Morgan fingerprint density at radius 2 is 1.71 bits per heavy atom. The lowest BCUT2D eigenvalue weighted by atomic mass is 9.42. The lowest BCUT2D eigenvalue weighted by Gasteiger charge is -2.64. The number of hydrogen-bond acceptors (Lipinski definition) is 3. The Kier molecular flexibility index (Phi) is 6.31. The number of aliphatic hydroxyl groups is 2. The zero-order valence-corrected chi connectivity index (χ0v) is 20.3. The fourth-order valence-corrected chi connectivity index (χ4v) is 9.67. The second-order valence-electron chi connectivity index (χ2n) is 12.6. The van der Waals surface area contributed by atoms with Crippen LogP contribution in [-0.2, 0) is 4.79 Å². The largest absolute Gasteiger partial charge is 0.481 e. The van der Waals surface area contributed by atoms with Gasteiger partial charge in [-0.25, -0.2) is 0 Å². The topological polar surface area (TPSA) is 77.8 Å². The molecular formula is C27H46O4. The summed E-state index contributed by atoms with van der Waals surface area (Å²) in [5, 5.41) is 30.2. The maximum Gasteiger partial charge on any atom is 0.303 e. The number of rotatable bonds is 6. The molecule has 178 valence electrons. The van der Waals surface area contributed by atoms with Gasteiger partial charge >= 0.3 is 5.97 Å². The Bertz CT molecular complexity index is 674. The third-order valence-corrected chi connectivity index (χ3v) is 11.1. The van der Waals surface area contributed by atoms with Gasteiger partial charge in [0.25, 0.3) is 0 Å². The van der Waals surface area contributed by atoms with Crippen LogP contribution < -0.4 is 0 Å². The van der Waals surface area contributed by atoms with Gasteiger partial charge in [-0.2, -0.15) is 0 Å². The molecule has 0 bridgehead atoms. The number of carboxylic acid groups (broad SMARTS) is 1. The minimum absolute atomic E-state index is 0.242. The summed E-state index contributed by atoms with van der Waals surface area (Å²) in [7, 11) is 0. The molecule has 4 aliphatic carbocycles. The van der Waals surface area contributed by atoms with Crippen LogP contribution in [0.4, 0.5) is 0 Å². The van der Waals surface area contributed by atoms with Crippen molar-refractivity contribution in [1.82, 2.24) is 0 Å². The van der Waals surface area contributed by atoms with Gasteiger partial charge in [-0.15, -0.1) is 0 Å². The van der Waals surface area contributed by atoms with E-state index in [0.29, 0.717) is 54.3 Å². The van der Waals surface area contributed by atoms with Crippen molar-refractivity contribution in [2.45, 2.75) is 111 Å². The first-order valence-electron chi connectivity index (χ1n) is 13.2. The van der Waals surface area contributed by atoms with Crippen LogP contribution in [0.2, 0.25) is 0 Å². The molecule has 9 atom stereocenters. The molecule has 0 radical (unpaired) electrons. The highest BCUT2D eigenvalue weighted by molar-refractivity contribution is 5.66. The van der Waals surface area contributed by atoms with Gasteiger partial charge in [0.15, 0.2) is 5.79 Å². The first-order valence-corrected chi connectivity index (χ1v) is 13.2. The van der Waals surface area contributed by atoms with E-state index in [1.165, 1.54) is 44.9 Å². The molecule has 4 rings (SSSR count). The van der Waals surface area contributed by atoms with Gasteiger partial charge < -0.3 is 15.3 Å². The van der Waals surface area contributed by atoms with E-state index in [-0.39, 0.29) is 5.41 Å². The van der Waals surface area contributed by atoms with Crippen molar-refractivity contribution in [1.29, 1.82) is 0 Å². The summed E-state index contributed by atoms with van der Waals surface area (Å²) >= 11 is 0. The minimum atomic E-state index is -1.47. The maximum absolute atomic E-state index is 11.1. The van der Waals surface area contributed by atoms with E-state index in [9.17, 15) is 20.1 Å². The van der Waals surface area contributed by atoms with Crippen LogP contribution in [0.25, 0.3) is 0 Å². The normalized spacial score (nSPS) is 47.2. The highest BCUT2D eigenvalue weighted by atomic mass is 16.5. The first-order chi connectivity index (χ1) is 14.5. The summed E-state index contributed by atoms with van der Waals surface area (Å²) < 4.78 is 0. The smallest absolute Gasteiger partial charge is 0.303 e. The predicted octanol–water partition coefficient (Wildman–Crippen LogP) is 5.85. The van der Waals surface area contributed by atoms with Gasteiger partial charge in [-0.1, -0.05) is 40.5 Å². The third kappa shape index (κ3) is 3.98. The molecule has 31 heavy (non-hydrogen) atoms. The van der Waals surface area contributed by atoms with Crippen molar-refractivity contribution in [3.8, 4) is 0 Å². The molecule has 0 aromatic carbocycles. The van der Waals surface area contributed by atoms with Crippen LogP contribution in [-0.4, -0.2) is 27.1 Å². The van der Waals surface area contributed by atoms with Gasteiger partial charge in [-0.3, -0.25) is 4.79 Å². The molecule has 3 N–H and O–H groups in total. The Morgan fingerprint density at radius 3 is 2.39 bits per heavy atom. The summed E-state index contributed by atoms with van der Waals surface area (Å²) in [5.41, 5.74) is 0.595. The van der Waals surface area contributed by atoms with Gasteiger partial charge in [0.05, 0.1) is 0 Å². The van der Waals surface area contributed by atoms with Crippen LogP contribution in [0, 0.1) is 52.3 Å². The summed E-state index contributed by atoms with van der Waals surface area (Å²) in [5.74, 6) is 2.30. The van der Waals surface area contributed by atoms with Gasteiger partial charge in [0.2, 0.25) is 0 Å². The van der Waals surface area contributed by atoms with Crippen LogP contribution in [0.1, 0.15) is 105 Å². The van der Waals surface area contributed by atoms with Gasteiger partial charge in [-0.05, 0) is 97.2 Å². The van der Waals surface area contributed by atoms with Crippen molar-refractivity contribution in [3.63, 3.8) is 0 Å². The Hall–Kier alpha value is -0.610. The quantitative estimate of drug-likeness (QED) is 0.458. The van der Waals surface area contributed by atoms with E-state index >= 15 is 0 Å². The molecule has 0 amide bonds. The van der Waals surface area contributed by atoms with E-state index in [1.54, 1.807) is 0 Å².